The van der Waals surface area contributed by atoms with Gasteiger partial charge in [0.05, 0.1) is 35.4 Å². The molecule has 1 aliphatic rings. The summed E-state index contributed by atoms with van der Waals surface area (Å²) in [4.78, 5) is 39.3. The molecule has 180 valence electrons. The minimum absolute atomic E-state index is 0.172. The number of ether oxygens (including phenoxy) is 2. The number of aliphatic hydroxyl groups excluding tert-OH is 1. The Morgan fingerprint density at radius 2 is 1.81 bits per heavy atom. The van der Waals surface area contributed by atoms with E-state index in [0.717, 1.165) is 0 Å². The predicted octanol–water partition coefficient (Wildman–Crippen LogP) is 4.77. The SMILES string of the molecule is COc1cc(/C(O)=C2/C(=O)C(=O)N(c3ccc(C#N)cc3)C2c2cccc(OC(C)=O)c2)ccc1Cl. The van der Waals surface area contributed by atoms with Crippen LogP contribution in [0.1, 0.15) is 29.7 Å². The minimum Gasteiger partial charge on any atom is -0.507 e. The molecule has 3 aromatic carbocycles. The summed E-state index contributed by atoms with van der Waals surface area (Å²) in [5.41, 5.74) is 1.17. The van der Waals surface area contributed by atoms with Gasteiger partial charge in [0.15, 0.2) is 0 Å². The van der Waals surface area contributed by atoms with E-state index < -0.39 is 29.5 Å². The molecule has 0 radical (unpaired) electrons. The summed E-state index contributed by atoms with van der Waals surface area (Å²) in [6.07, 6.45) is 0. The Morgan fingerprint density at radius 3 is 2.44 bits per heavy atom. The molecule has 1 heterocycles. The topological polar surface area (TPSA) is 117 Å². The highest BCUT2D eigenvalue weighted by Gasteiger charge is 2.47. The highest BCUT2D eigenvalue weighted by Crippen LogP contribution is 2.43. The van der Waals surface area contributed by atoms with Gasteiger partial charge < -0.3 is 14.6 Å². The molecule has 0 aromatic heterocycles. The summed E-state index contributed by atoms with van der Waals surface area (Å²) in [5.74, 6) is -2.27. The molecule has 1 aliphatic heterocycles. The number of halogens is 1. The molecule has 1 unspecified atom stereocenters. The lowest BCUT2D eigenvalue weighted by Gasteiger charge is -2.25. The number of hydrogen-bond acceptors (Lipinski definition) is 7. The summed E-state index contributed by atoms with van der Waals surface area (Å²) in [6, 6.07) is 17.9. The van der Waals surface area contributed by atoms with Gasteiger partial charge in [0.2, 0.25) is 0 Å². The number of anilines is 1. The Hall–Kier alpha value is -4.61. The first kappa shape index (κ1) is 24.5. The highest BCUT2D eigenvalue weighted by molar-refractivity contribution is 6.51. The van der Waals surface area contributed by atoms with E-state index in [-0.39, 0.29) is 22.6 Å². The van der Waals surface area contributed by atoms with E-state index in [9.17, 15) is 19.5 Å². The van der Waals surface area contributed by atoms with Crippen molar-refractivity contribution in [1.82, 2.24) is 0 Å². The number of carbonyl (C=O) groups excluding carboxylic acids is 3. The Labute approximate surface area is 211 Å². The van der Waals surface area contributed by atoms with Gasteiger partial charge in [0.25, 0.3) is 11.7 Å². The Morgan fingerprint density at radius 1 is 1.08 bits per heavy atom. The number of aliphatic hydroxyl groups is 1. The first-order valence-corrected chi connectivity index (χ1v) is 11.1. The number of esters is 1. The fourth-order valence-corrected chi connectivity index (χ4v) is 4.18. The zero-order valence-electron chi connectivity index (χ0n) is 19.2. The first-order chi connectivity index (χ1) is 17.2. The second-order valence-electron chi connectivity index (χ2n) is 7.84. The second kappa shape index (κ2) is 9.94. The predicted molar refractivity (Wildman–Crippen MR) is 132 cm³/mol. The molecule has 1 fully saturated rings. The van der Waals surface area contributed by atoms with Gasteiger partial charge in [-0.25, -0.2) is 0 Å². The average Bonchev–Trinajstić information content (AvgIpc) is 3.14. The molecule has 36 heavy (non-hydrogen) atoms. The summed E-state index contributed by atoms with van der Waals surface area (Å²) in [5, 5.41) is 20.7. The molecule has 0 bridgehead atoms. The number of rotatable bonds is 5. The number of ketones is 1. The lowest BCUT2D eigenvalue weighted by molar-refractivity contribution is -0.132. The van der Waals surface area contributed by atoms with Crippen LogP contribution in [0.4, 0.5) is 5.69 Å². The van der Waals surface area contributed by atoms with Crippen LogP contribution in [-0.4, -0.2) is 29.9 Å². The largest absolute Gasteiger partial charge is 0.507 e. The molecule has 9 heteroatoms. The molecule has 0 aliphatic carbocycles. The monoisotopic (exact) mass is 502 g/mol. The summed E-state index contributed by atoms with van der Waals surface area (Å²) in [7, 11) is 1.41. The number of Topliss-reactive ketones (excluding diaryl/α,β-unsaturated/α-hetero) is 1. The van der Waals surface area contributed by atoms with Crippen LogP contribution in [0.5, 0.6) is 11.5 Å². The van der Waals surface area contributed by atoms with E-state index in [0.29, 0.717) is 21.8 Å². The fourth-order valence-electron chi connectivity index (χ4n) is 3.99. The molecule has 1 N–H and O–H groups in total. The average molecular weight is 503 g/mol. The van der Waals surface area contributed by atoms with E-state index in [1.807, 2.05) is 6.07 Å². The van der Waals surface area contributed by atoms with Crippen molar-refractivity contribution in [3.63, 3.8) is 0 Å². The Bertz CT molecular complexity index is 1460. The maximum atomic E-state index is 13.3. The third kappa shape index (κ3) is 4.52. The molecule has 1 atom stereocenters. The molecule has 8 nitrogen and oxygen atoms in total. The van der Waals surface area contributed by atoms with Gasteiger partial charge in [-0.3, -0.25) is 19.3 Å². The second-order valence-corrected chi connectivity index (χ2v) is 8.25. The van der Waals surface area contributed by atoms with Crippen molar-refractivity contribution < 1.29 is 29.0 Å². The van der Waals surface area contributed by atoms with Crippen LogP contribution in [-0.2, 0) is 14.4 Å². The van der Waals surface area contributed by atoms with Crippen molar-refractivity contribution in [1.29, 1.82) is 5.26 Å². The summed E-state index contributed by atoms with van der Waals surface area (Å²) < 4.78 is 10.4. The van der Waals surface area contributed by atoms with E-state index in [2.05, 4.69) is 0 Å². The van der Waals surface area contributed by atoms with Crippen molar-refractivity contribution >= 4 is 40.7 Å². The van der Waals surface area contributed by atoms with E-state index in [1.165, 1.54) is 67.5 Å². The number of amides is 1. The number of benzene rings is 3. The molecule has 0 spiro atoms. The van der Waals surface area contributed by atoms with E-state index >= 15 is 0 Å². The zero-order chi connectivity index (χ0) is 26.0. The fraction of sp³-hybridized carbons (Fsp3) is 0.111. The lowest BCUT2D eigenvalue weighted by atomic mass is 9.95. The van der Waals surface area contributed by atoms with Crippen LogP contribution in [0.15, 0.2) is 72.3 Å². The van der Waals surface area contributed by atoms with Crippen LogP contribution < -0.4 is 14.4 Å². The molecule has 0 saturated carbocycles. The molecule has 1 amide bonds. The molecule has 3 aromatic rings. The van der Waals surface area contributed by atoms with E-state index in [1.54, 1.807) is 18.2 Å². The van der Waals surface area contributed by atoms with Gasteiger partial charge in [-0.1, -0.05) is 23.7 Å². The number of hydrogen-bond donors (Lipinski definition) is 1. The van der Waals surface area contributed by atoms with Gasteiger partial charge in [-0.05, 0) is 60.2 Å². The van der Waals surface area contributed by atoms with Gasteiger partial charge in [0, 0.05) is 18.2 Å². The number of nitriles is 1. The van der Waals surface area contributed by atoms with Crippen molar-refractivity contribution in [3.8, 4) is 17.6 Å². The van der Waals surface area contributed by atoms with Gasteiger partial charge >= 0.3 is 5.97 Å². The van der Waals surface area contributed by atoms with Crippen LogP contribution >= 0.6 is 11.6 Å². The Balaban J connectivity index is 1.94. The van der Waals surface area contributed by atoms with Crippen LogP contribution in [0.3, 0.4) is 0 Å². The van der Waals surface area contributed by atoms with Crippen molar-refractivity contribution in [3.05, 3.63) is 94.0 Å². The smallest absolute Gasteiger partial charge is 0.308 e. The highest BCUT2D eigenvalue weighted by atomic mass is 35.5. The van der Waals surface area contributed by atoms with Gasteiger partial charge in [-0.2, -0.15) is 5.26 Å². The lowest BCUT2D eigenvalue weighted by Crippen LogP contribution is -2.29. The number of methoxy groups -OCH3 is 1. The third-order valence-corrected chi connectivity index (χ3v) is 5.89. The minimum atomic E-state index is -1.06. The van der Waals surface area contributed by atoms with Gasteiger partial charge in [-0.15, -0.1) is 0 Å². The van der Waals surface area contributed by atoms with E-state index in [4.69, 9.17) is 26.3 Å². The molecular formula is C27H19ClN2O6. The molecule has 4 rings (SSSR count). The molecule has 1 saturated heterocycles. The quantitative estimate of drug-likeness (QED) is 0.175. The number of carbonyl (C=O) groups is 3. The summed E-state index contributed by atoms with van der Waals surface area (Å²) >= 11 is 6.11. The Kier molecular flexibility index (Phi) is 6.77. The third-order valence-electron chi connectivity index (χ3n) is 5.58. The maximum absolute atomic E-state index is 13.3. The van der Waals surface area contributed by atoms with Crippen molar-refractivity contribution in [2.24, 2.45) is 0 Å². The molecular weight excluding hydrogens is 484 g/mol. The van der Waals surface area contributed by atoms with Gasteiger partial charge in [0.1, 0.15) is 17.3 Å². The van der Waals surface area contributed by atoms with Crippen LogP contribution in [0.2, 0.25) is 5.02 Å². The van der Waals surface area contributed by atoms with Crippen LogP contribution in [0.25, 0.3) is 5.76 Å². The first-order valence-electron chi connectivity index (χ1n) is 10.7. The van der Waals surface area contributed by atoms with Crippen molar-refractivity contribution in [2.75, 3.05) is 12.0 Å². The standard InChI is InChI=1S/C27H19ClN2O6/c1-15(31)36-20-5-3-4-17(12-20)24-23(25(32)18-8-11-21(28)22(13-18)35-2)26(33)27(34)30(24)19-9-6-16(14-29)7-10-19/h3-13,24,32H,1-2H3/b25-23-. The normalized spacial score (nSPS) is 16.5. The van der Waals surface area contributed by atoms with Crippen molar-refractivity contribution in [2.45, 2.75) is 13.0 Å². The van der Waals surface area contributed by atoms with Crippen LogP contribution in [0, 0.1) is 11.3 Å². The number of nitrogens with zero attached hydrogens (tertiary/aromatic N) is 2. The maximum Gasteiger partial charge on any atom is 0.308 e. The zero-order valence-corrected chi connectivity index (χ0v) is 19.9. The summed E-state index contributed by atoms with van der Waals surface area (Å²) in [6.45, 7) is 1.25.